The zero-order chi connectivity index (χ0) is 25.1. The van der Waals surface area contributed by atoms with Crippen LogP contribution >= 0.6 is 34.8 Å². The molecule has 8 atom stereocenters. The van der Waals surface area contributed by atoms with Crippen LogP contribution in [0.5, 0.6) is 0 Å². The third kappa shape index (κ3) is 3.40. The van der Waals surface area contributed by atoms with Crippen molar-refractivity contribution in [3.63, 3.8) is 0 Å². The Bertz CT molecular complexity index is 918. The van der Waals surface area contributed by atoms with E-state index < -0.39 is 21.3 Å². The predicted octanol–water partition coefficient (Wildman–Crippen LogP) is 6.62. The fourth-order valence-electron chi connectivity index (χ4n) is 8.34. The van der Waals surface area contributed by atoms with Gasteiger partial charge in [-0.3, -0.25) is 14.4 Å². The molecule has 7 heteroatoms. The van der Waals surface area contributed by atoms with E-state index >= 15 is 0 Å². The first-order valence-electron chi connectivity index (χ1n) is 12.8. The average molecular weight is 532 g/mol. The summed E-state index contributed by atoms with van der Waals surface area (Å²) in [4.78, 5) is 38.0. The second-order valence-corrected chi connectivity index (χ2v) is 13.0. The number of esters is 1. The number of Topliss-reactive ketones (excluding diaryl/α,β-unsaturated/α-hetero) is 1. The highest BCUT2D eigenvalue weighted by molar-refractivity contribution is 6.34. The molecule has 0 N–H and O–H groups in total. The van der Waals surface area contributed by atoms with Gasteiger partial charge in [0, 0.05) is 29.6 Å². The highest BCUT2D eigenvalue weighted by atomic mass is 35.5. The molecule has 4 rings (SSSR count). The predicted molar refractivity (Wildman–Crippen MR) is 135 cm³/mol. The van der Waals surface area contributed by atoms with Crippen LogP contribution in [0.15, 0.2) is 11.6 Å². The summed E-state index contributed by atoms with van der Waals surface area (Å²) >= 11 is 21.0. The molecule has 0 aromatic carbocycles. The number of halogens is 3. The lowest BCUT2D eigenvalue weighted by atomic mass is 9.45. The van der Waals surface area contributed by atoms with Gasteiger partial charge in [0.15, 0.2) is 17.2 Å². The maximum atomic E-state index is 13.6. The minimum Gasteiger partial charge on any atom is -0.450 e. The Labute approximate surface area is 218 Å². The van der Waals surface area contributed by atoms with Crippen LogP contribution in [-0.4, -0.2) is 39.3 Å². The van der Waals surface area contributed by atoms with Crippen molar-refractivity contribution in [2.24, 2.45) is 28.6 Å². The van der Waals surface area contributed by atoms with Crippen molar-refractivity contribution in [2.75, 3.05) is 5.88 Å². The van der Waals surface area contributed by atoms with E-state index in [-0.39, 0.29) is 53.0 Å². The van der Waals surface area contributed by atoms with Gasteiger partial charge in [-0.2, -0.15) is 0 Å². The molecule has 2 unspecified atom stereocenters. The average Bonchev–Trinajstić information content (AvgIpc) is 3.00. The van der Waals surface area contributed by atoms with Crippen LogP contribution in [0.2, 0.25) is 0 Å². The Kier molecular flexibility index (Phi) is 7.06. The van der Waals surface area contributed by atoms with Crippen LogP contribution in [-0.2, 0) is 19.1 Å². The number of alkyl halides is 3. The van der Waals surface area contributed by atoms with Gasteiger partial charge in [0.2, 0.25) is 0 Å². The fourth-order valence-corrected chi connectivity index (χ4v) is 9.82. The maximum absolute atomic E-state index is 13.6. The number of ether oxygens (including phenoxy) is 1. The Morgan fingerprint density at radius 3 is 2.56 bits per heavy atom. The molecule has 0 bridgehead atoms. The van der Waals surface area contributed by atoms with Gasteiger partial charge in [-0.1, -0.05) is 39.7 Å². The lowest BCUT2D eigenvalue weighted by Crippen LogP contribution is -2.68. The number of fused-ring (bicyclic) bond motifs is 5. The number of allylic oxidation sites excluding steroid dienone is 1. The van der Waals surface area contributed by atoms with E-state index in [0.717, 1.165) is 37.7 Å². The summed E-state index contributed by atoms with van der Waals surface area (Å²) in [7, 11) is 0. The molecule has 0 saturated heterocycles. The number of ketones is 2. The third-order valence-electron chi connectivity index (χ3n) is 10.1. The molecule has 0 aromatic rings. The van der Waals surface area contributed by atoms with Crippen LogP contribution < -0.4 is 0 Å². The summed E-state index contributed by atoms with van der Waals surface area (Å²) < 4.78 is 6.21. The molecule has 34 heavy (non-hydrogen) atoms. The molecule has 0 amide bonds. The summed E-state index contributed by atoms with van der Waals surface area (Å²) in [5, 5.41) is -0.440. The van der Waals surface area contributed by atoms with Crippen LogP contribution in [0.25, 0.3) is 0 Å². The second-order valence-electron chi connectivity index (χ2n) is 11.6. The quantitative estimate of drug-likeness (QED) is 0.285. The lowest BCUT2D eigenvalue weighted by Gasteiger charge is -2.65. The zero-order valence-corrected chi connectivity index (χ0v) is 23.0. The molecule has 0 heterocycles. The molecule has 0 aromatic heterocycles. The summed E-state index contributed by atoms with van der Waals surface area (Å²) in [6.45, 7) is 8.27. The van der Waals surface area contributed by atoms with Crippen molar-refractivity contribution in [1.82, 2.24) is 0 Å². The Hall–Kier alpha value is -0.580. The molecule has 0 aliphatic heterocycles. The molecular formula is C27H37Cl3O4. The molecule has 190 valence electrons. The van der Waals surface area contributed by atoms with E-state index in [0.29, 0.717) is 19.3 Å². The van der Waals surface area contributed by atoms with Crippen molar-refractivity contribution in [3.05, 3.63) is 11.6 Å². The largest absolute Gasteiger partial charge is 0.450 e. The first-order valence-corrected chi connectivity index (χ1v) is 14.1. The van der Waals surface area contributed by atoms with E-state index in [4.69, 9.17) is 39.5 Å². The van der Waals surface area contributed by atoms with E-state index in [9.17, 15) is 14.4 Å². The molecule has 3 fully saturated rings. The van der Waals surface area contributed by atoms with Crippen LogP contribution in [0, 0.1) is 28.6 Å². The van der Waals surface area contributed by atoms with E-state index in [1.807, 2.05) is 13.8 Å². The molecule has 4 aliphatic carbocycles. The smallest absolute Gasteiger partial charge is 0.306 e. The van der Waals surface area contributed by atoms with E-state index in [1.54, 1.807) is 6.08 Å². The normalized spacial score (nSPS) is 45.6. The number of rotatable bonds is 6. The Morgan fingerprint density at radius 1 is 1.21 bits per heavy atom. The number of unbranched alkanes of at least 4 members (excludes halogenated alkanes) is 1. The Morgan fingerprint density at radius 2 is 1.91 bits per heavy atom. The summed E-state index contributed by atoms with van der Waals surface area (Å²) in [5.41, 5.74) is -1.21. The topological polar surface area (TPSA) is 60.4 Å². The first kappa shape index (κ1) is 26.5. The third-order valence-corrected chi connectivity index (χ3v) is 11.9. The monoisotopic (exact) mass is 530 g/mol. The standard InChI is InChI=1S/C27H37Cl3O4/c1-5-6-7-23(33)34-27(22(32)15-28)16(2)12-20-19-9-8-17-13-18(31)10-11-24(17,3)26(19,30)21(29)14-25(20,27)4/h13,16,19-21H,5-12,14-15H2,1-4H3/t16?,19-,20-,21?,24-,25-,26-,27-/m0/s1. The lowest BCUT2D eigenvalue weighted by molar-refractivity contribution is -0.193. The molecular weight excluding hydrogens is 495 g/mol. The minimum atomic E-state index is -1.30. The van der Waals surface area contributed by atoms with Gasteiger partial charge >= 0.3 is 5.97 Å². The van der Waals surface area contributed by atoms with Crippen molar-refractivity contribution < 1.29 is 19.1 Å². The first-order chi connectivity index (χ1) is 15.9. The molecule has 3 saturated carbocycles. The number of carbonyl (C=O) groups excluding carboxylic acids is 3. The molecule has 0 radical (unpaired) electrons. The highest BCUT2D eigenvalue weighted by Crippen LogP contribution is 2.73. The van der Waals surface area contributed by atoms with Gasteiger partial charge in [-0.15, -0.1) is 34.8 Å². The fraction of sp³-hybridized carbons (Fsp3) is 0.815. The zero-order valence-electron chi connectivity index (χ0n) is 20.7. The van der Waals surface area contributed by atoms with Crippen molar-refractivity contribution in [2.45, 2.75) is 101 Å². The van der Waals surface area contributed by atoms with E-state index in [2.05, 4.69) is 13.8 Å². The molecule has 0 spiro atoms. The SMILES string of the molecule is CCCCC(=O)O[C@]1(C(=O)CCl)C(C)C[C@H]2[C@@H]3CCC4=CC(=O)CC[C@]4(C)[C@@]3(Cl)C(Cl)C[C@@]21C. The van der Waals surface area contributed by atoms with E-state index in [1.165, 1.54) is 0 Å². The van der Waals surface area contributed by atoms with Gasteiger partial charge in [0.25, 0.3) is 0 Å². The van der Waals surface area contributed by atoms with Crippen LogP contribution in [0.1, 0.15) is 85.5 Å². The van der Waals surface area contributed by atoms with Crippen LogP contribution in [0.3, 0.4) is 0 Å². The molecule has 4 aliphatic rings. The number of hydrogen-bond acceptors (Lipinski definition) is 4. The van der Waals surface area contributed by atoms with Crippen molar-refractivity contribution in [3.8, 4) is 0 Å². The van der Waals surface area contributed by atoms with Gasteiger partial charge < -0.3 is 4.74 Å². The summed E-state index contributed by atoms with van der Waals surface area (Å²) in [6, 6.07) is 0. The Balaban J connectivity index is 1.79. The van der Waals surface area contributed by atoms with Gasteiger partial charge in [-0.05, 0) is 56.4 Å². The number of hydrogen-bond donors (Lipinski definition) is 0. The van der Waals surface area contributed by atoms with Crippen molar-refractivity contribution >= 4 is 52.3 Å². The second kappa shape index (κ2) is 9.06. The van der Waals surface area contributed by atoms with Gasteiger partial charge in [0.05, 0.1) is 16.1 Å². The summed E-state index contributed by atoms with van der Waals surface area (Å²) in [6.07, 6.45) is 7.66. The van der Waals surface area contributed by atoms with Gasteiger partial charge in [-0.25, -0.2) is 0 Å². The minimum absolute atomic E-state index is 0.0487. The van der Waals surface area contributed by atoms with Gasteiger partial charge in [0.1, 0.15) is 0 Å². The number of carbonyl (C=O) groups is 3. The van der Waals surface area contributed by atoms with Crippen LogP contribution in [0.4, 0.5) is 0 Å². The highest BCUT2D eigenvalue weighted by Gasteiger charge is 2.76. The molecule has 4 nitrogen and oxygen atoms in total. The maximum Gasteiger partial charge on any atom is 0.306 e. The van der Waals surface area contributed by atoms with Crippen molar-refractivity contribution in [1.29, 1.82) is 0 Å². The summed E-state index contributed by atoms with van der Waals surface area (Å²) in [5.74, 6) is -0.671.